The third-order valence-electron chi connectivity index (χ3n) is 2.90. The minimum atomic E-state index is -1.00. The second-order valence-electron chi connectivity index (χ2n) is 4.19. The summed E-state index contributed by atoms with van der Waals surface area (Å²) in [5.74, 6) is -1.00. The molecule has 0 atom stereocenters. The van der Waals surface area contributed by atoms with Crippen molar-refractivity contribution in [3.63, 3.8) is 0 Å². The Morgan fingerprint density at radius 3 is 2.70 bits per heavy atom. The van der Waals surface area contributed by atoms with Gasteiger partial charge in [0.1, 0.15) is 0 Å². The molecule has 1 aromatic carbocycles. The number of nitro groups is 1. The molecule has 0 bridgehead atoms. The molecule has 6 nitrogen and oxygen atoms in total. The molecule has 1 N–H and O–H groups in total. The number of aryl methyl sites for hydroxylation is 2. The Bertz CT molecular complexity index is 666. The summed E-state index contributed by atoms with van der Waals surface area (Å²) in [5.41, 5.74) is 0.878. The summed E-state index contributed by atoms with van der Waals surface area (Å²) < 4.78 is 2.34. The molecule has 0 aliphatic carbocycles. The normalized spacial score (nSPS) is 10.4. The van der Waals surface area contributed by atoms with Crippen LogP contribution in [0, 0.1) is 10.1 Å². The van der Waals surface area contributed by atoms with Crippen molar-refractivity contribution in [3.05, 3.63) is 62.4 Å². The quantitative estimate of drug-likeness (QED) is 0.670. The van der Waals surface area contributed by atoms with Crippen LogP contribution in [0.5, 0.6) is 0 Å². The standard InChI is InChI=1S/C13H11BrN2O4/c14-12-7-10(13(17)18)8-15(12)6-5-9-3-1-2-4-11(9)16(19)20/h1-4,7-8H,5-6H2,(H,17,18). The number of carboxylic acid groups (broad SMARTS) is 1. The minimum absolute atomic E-state index is 0.0780. The van der Waals surface area contributed by atoms with Crippen molar-refractivity contribution in [2.24, 2.45) is 0 Å². The highest BCUT2D eigenvalue weighted by Gasteiger charge is 2.13. The molecule has 0 unspecified atom stereocenters. The Kier molecular flexibility index (Phi) is 4.19. The van der Waals surface area contributed by atoms with Crippen LogP contribution in [-0.4, -0.2) is 20.6 Å². The first-order valence-corrected chi connectivity index (χ1v) is 6.59. The third-order valence-corrected chi connectivity index (χ3v) is 3.59. The maximum absolute atomic E-state index is 10.9. The van der Waals surface area contributed by atoms with E-state index in [1.54, 1.807) is 22.8 Å². The van der Waals surface area contributed by atoms with E-state index in [1.807, 2.05) is 0 Å². The Morgan fingerprint density at radius 2 is 2.10 bits per heavy atom. The van der Waals surface area contributed by atoms with Gasteiger partial charge >= 0.3 is 5.97 Å². The Balaban J connectivity index is 2.17. The number of para-hydroxylation sites is 1. The molecule has 2 rings (SSSR count). The number of carboxylic acids is 1. The van der Waals surface area contributed by atoms with Crippen molar-refractivity contribution in [1.82, 2.24) is 4.57 Å². The summed E-state index contributed by atoms with van der Waals surface area (Å²) in [6.07, 6.45) is 1.95. The minimum Gasteiger partial charge on any atom is -0.478 e. The second kappa shape index (κ2) is 5.87. The van der Waals surface area contributed by atoms with Gasteiger partial charge in [-0.15, -0.1) is 0 Å². The summed E-state index contributed by atoms with van der Waals surface area (Å²) in [5, 5.41) is 19.8. The van der Waals surface area contributed by atoms with E-state index in [-0.39, 0.29) is 11.3 Å². The zero-order valence-corrected chi connectivity index (χ0v) is 11.9. The summed E-state index contributed by atoms with van der Waals surface area (Å²) in [6.45, 7) is 0.457. The zero-order chi connectivity index (χ0) is 14.7. The van der Waals surface area contributed by atoms with Crippen molar-refractivity contribution >= 4 is 27.6 Å². The number of hydrogen-bond acceptors (Lipinski definition) is 3. The first kappa shape index (κ1) is 14.3. The Morgan fingerprint density at radius 1 is 1.40 bits per heavy atom. The van der Waals surface area contributed by atoms with Gasteiger partial charge in [0.2, 0.25) is 0 Å². The highest BCUT2D eigenvalue weighted by Crippen LogP contribution is 2.21. The first-order valence-electron chi connectivity index (χ1n) is 5.80. The maximum Gasteiger partial charge on any atom is 0.337 e. The number of nitro benzene ring substituents is 1. The fourth-order valence-corrected chi connectivity index (χ4v) is 2.43. The number of carbonyl (C=O) groups is 1. The molecule has 7 heteroatoms. The predicted molar refractivity (Wildman–Crippen MR) is 75.9 cm³/mol. The van der Waals surface area contributed by atoms with E-state index < -0.39 is 10.9 Å². The van der Waals surface area contributed by atoms with E-state index in [9.17, 15) is 14.9 Å². The molecule has 20 heavy (non-hydrogen) atoms. The van der Waals surface area contributed by atoms with Crippen molar-refractivity contribution in [2.75, 3.05) is 0 Å². The van der Waals surface area contributed by atoms with Gasteiger partial charge in [-0.1, -0.05) is 18.2 Å². The number of aromatic nitrogens is 1. The molecule has 1 heterocycles. The molecule has 0 aliphatic rings. The van der Waals surface area contributed by atoms with Crippen LogP contribution in [0.1, 0.15) is 15.9 Å². The lowest BCUT2D eigenvalue weighted by atomic mass is 10.1. The highest BCUT2D eigenvalue weighted by atomic mass is 79.9. The van der Waals surface area contributed by atoms with E-state index in [4.69, 9.17) is 5.11 Å². The van der Waals surface area contributed by atoms with Crippen LogP contribution < -0.4 is 0 Å². The van der Waals surface area contributed by atoms with E-state index in [0.717, 1.165) is 0 Å². The summed E-state index contributed by atoms with van der Waals surface area (Å²) in [7, 11) is 0. The first-order chi connectivity index (χ1) is 9.49. The third kappa shape index (κ3) is 3.05. The van der Waals surface area contributed by atoms with Crippen LogP contribution in [0.3, 0.4) is 0 Å². The van der Waals surface area contributed by atoms with Gasteiger partial charge < -0.3 is 9.67 Å². The molecule has 0 radical (unpaired) electrons. The van der Waals surface area contributed by atoms with Crippen LogP contribution >= 0.6 is 15.9 Å². The largest absolute Gasteiger partial charge is 0.478 e. The summed E-state index contributed by atoms with van der Waals surface area (Å²) in [4.78, 5) is 21.4. The van der Waals surface area contributed by atoms with Gasteiger partial charge in [-0.25, -0.2) is 4.79 Å². The van der Waals surface area contributed by atoms with Gasteiger partial charge in [-0.05, 0) is 28.4 Å². The van der Waals surface area contributed by atoms with Crippen LogP contribution in [0.15, 0.2) is 41.1 Å². The lowest BCUT2D eigenvalue weighted by Crippen LogP contribution is -2.03. The SMILES string of the molecule is O=C(O)c1cc(Br)n(CCc2ccccc2[N+](=O)[O-])c1. The predicted octanol–water partition coefficient (Wildman–Crippen LogP) is 3.10. The molecular formula is C13H11BrN2O4. The van der Waals surface area contributed by atoms with Crippen LogP contribution in [0.25, 0.3) is 0 Å². The van der Waals surface area contributed by atoms with Crippen LogP contribution in [-0.2, 0) is 13.0 Å². The fraction of sp³-hybridized carbons (Fsp3) is 0.154. The van der Waals surface area contributed by atoms with Gasteiger partial charge in [-0.2, -0.15) is 0 Å². The monoisotopic (exact) mass is 338 g/mol. The topological polar surface area (TPSA) is 85.4 Å². The van der Waals surface area contributed by atoms with Crippen LogP contribution in [0.4, 0.5) is 5.69 Å². The van der Waals surface area contributed by atoms with Gasteiger partial charge in [-0.3, -0.25) is 10.1 Å². The number of nitrogens with zero attached hydrogens (tertiary/aromatic N) is 2. The van der Waals surface area contributed by atoms with E-state index in [0.29, 0.717) is 23.1 Å². The molecule has 0 aliphatic heterocycles. The number of benzene rings is 1. The molecule has 0 amide bonds. The van der Waals surface area contributed by atoms with Gasteiger partial charge in [0, 0.05) is 24.4 Å². The van der Waals surface area contributed by atoms with Crippen molar-refractivity contribution in [1.29, 1.82) is 0 Å². The fourth-order valence-electron chi connectivity index (χ4n) is 1.91. The molecule has 0 saturated carbocycles. The van der Waals surface area contributed by atoms with Crippen LogP contribution in [0.2, 0.25) is 0 Å². The van der Waals surface area contributed by atoms with Crippen molar-refractivity contribution in [3.8, 4) is 0 Å². The lowest BCUT2D eigenvalue weighted by molar-refractivity contribution is -0.385. The van der Waals surface area contributed by atoms with E-state index >= 15 is 0 Å². The average molecular weight is 339 g/mol. The lowest BCUT2D eigenvalue weighted by Gasteiger charge is -2.05. The van der Waals surface area contributed by atoms with E-state index in [2.05, 4.69) is 15.9 Å². The zero-order valence-electron chi connectivity index (χ0n) is 10.3. The average Bonchev–Trinajstić information content (AvgIpc) is 2.78. The summed E-state index contributed by atoms with van der Waals surface area (Å²) >= 11 is 3.27. The van der Waals surface area contributed by atoms with Gasteiger partial charge in [0.25, 0.3) is 5.69 Å². The molecule has 0 spiro atoms. The number of aromatic carboxylic acids is 1. The molecule has 1 aromatic heterocycles. The number of hydrogen-bond donors (Lipinski definition) is 1. The van der Waals surface area contributed by atoms with Crippen molar-refractivity contribution < 1.29 is 14.8 Å². The van der Waals surface area contributed by atoms with Crippen molar-refractivity contribution in [2.45, 2.75) is 13.0 Å². The Labute approximate surface area is 122 Å². The smallest absolute Gasteiger partial charge is 0.337 e. The second-order valence-corrected chi connectivity index (χ2v) is 5.00. The Hall–Kier alpha value is -2.15. The number of rotatable bonds is 5. The molecule has 104 valence electrons. The molecule has 2 aromatic rings. The molecule has 0 saturated heterocycles. The van der Waals surface area contributed by atoms with E-state index in [1.165, 1.54) is 18.3 Å². The maximum atomic E-state index is 10.9. The van der Waals surface area contributed by atoms with Gasteiger partial charge in [0.15, 0.2) is 0 Å². The summed E-state index contributed by atoms with van der Waals surface area (Å²) in [6, 6.07) is 8.03. The molecular weight excluding hydrogens is 328 g/mol. The highest BCUT2D eigenvalue weighted by molar-refractivity contribution is 9.10. The van der Waals surface area contributed by atoms with Gasteiger partial charge in [0.05, 0.1) is 15.1 Å². The number of halogens is 1. The molecule has 0 fully saturated rings.